The van der Waals surface area contributed by atoms with Gasteiger partial charge in [0.1, 0.15) is 0 Å². The van der Waals surface area contributed by atoms with Crippen LogP contribution in [0.15, 0.2) is 0 Å². The quantitative estimate of drug-likeness (QED) is 0.762. The molecule has 3 heteroatoms. The van der Waals surface area contributed by atoms with Crippen molar-refractivity contribution in [3.63, 3.8) is 0 Å². The molecule has 0 radical (unpaired) electrons. The van der Waals surface area contributed by atoms with Gasteiger partial charge in [0.2, 0.25) is 0 Å². The van der Waals surface area contributed by atoms with Crippen molar-refractivity contribution < 1.29 is 5.21 Å². The van der Waals surface area contributed by atoms with Crippen LogP contribution in [0, 0.1) is 16.7 Å². The molecule has 1 aliphatic rings. The van der Waals surface area contributed by atoms with Crippen LogP contribution in [-0.4, -0.2) is 21.3 Å². The lowest BCUT2D eigenvalue weighted by atomic mass is 9.79. The highest BCUT2D eigenvalue weighted by Crippen LogP contribution is 2.44. The number of rotatable bonds is 2. The first-order valence-corrected chi connectivity index (χ1v) is 5.54. The zero-order chi connectivity index (χ0) is 11.9. The van der Waals surface area contributed by atoms with E-state index in [-0.39, 0.29) is 16.5 Å². The molecule has 86 valence electrons. The van der Waals surface area contributed by atoms with Gasteiger partial charge < -0.3 is 5.21 Å². The number of hydrogen-bond acceptors (Lipinski definition) is 3. The van der Waals surface area contributed by atoms with Crippen LogP contribution in [0.5, 0.6) is 0 Å². The summed E-state index contributed by atoms with van der Waals surface area (Å²) in [6.07, 6.45) is 2.62. The van der Waals surface area contributed by atoms with E-state index in [1.54, 1.807) is 0 Å². The summed E-state index contributed by atoms with van der Waals surface area (Å²) in [5, 5.41) is 20.7. The minimum Gasteiger partial charge on any atom is -0.313 e. The van der Waals surface area contributed by atoms with Crippen LogP contribution in [0.2, 0.25) is 0 Å². The minimum absolute atomic E-state index is 0.166. The van der Waals surface area contributed by atoms with Crippen LogP contribution < -0.4 is 0 Å². The van der Waals surface area contributed by atoms with Crippen molar-refractivity contribution >= 4 is 0 Å². The molecule has 1 heterocycles. The predicted molar refractivity (Wildman–Crippen MR) is 59.4 cm³/mol. The molecule has 1 rings (SSSR count). The van der Waals surface area contributed by atoms with Gasteiger partial charge in [-0.3, -0.25) is 0 Å². The molecule has 1 N–H and O–H groups in total. The number of nitriles is 1. The molecular weight excluding hydrogens is 188 g/mol. The van der Waals surface area contributed by atoms with E-state index in [1.165, 1.54) is 5.06 Å². The third kappa shape index (κ3) is 2.32. The molecule has 1 unspecified atom stereocenters. The average Bonchev–Trinajstić information content (AvgIpc) is 2.30. The highest BCUT2D eigenvalue weighted by Gasteiger charge is 2.49. The summed E-state index contributed by atoms with van der Waals surface area (Å²) in [6.45, 7) is 9.98. The van der Waals surface area contributed by atoms with Crippen molar-refractivity contribution in [1.29, 1.82) is 5.26 Å². The maximum absolute atomic E-state index is 10.2. The Morgan fingerprint density at radius 3 is 2.20 bits per heavy atom. The Morgan fingerprint density at radius 1 is 1.33 bits per heavy atom. The second-order valence-corrected chi connectivity index (χ2v) is 6.29. The second kappa shape index (κ2) is 3.47. The van der Waals surface area contributed by atoms with Crippen LogP contribution in [0.25, 0.3) is 0 Å². The number of hydrogen-bond donors (Lipinski definition) is 1. The van der Waals surface area contributed by atoms with Crippen molar-refractivity contribution in [2.24, 2.45) is 5.41 Å². The highest BCUT2D eigenvalue weighted by molar-refractivity contribution is 5.05. The van der Waals surface area contributed by atoms with Crippen molar-refractivity contribution in [3.05, 3.63) is 0 Å². The molecule has 0 aromatic rings. The largest absolute Gasteiger partial charge is 0.313 e. The summed E-state index contributed by atoms with van der Waals surface area (Å²) in [4.78, 5) is 0. The van der Waals surface area contributed by atoms with E-state index in [0.29, 0.717) is 6.42 Å². The first-order chi connectivity index (χ1) is 6.63. The van der Waals surface area contributed by atoms with Gasteiger partial charge in [-0.2, -0.15) is 10.3 Å². The summed E-state index contributed by atoms with van der Waals surface area (Å²) < 4.78 is 0. The van der Waals surface area contributed by atoms with Gasteiger partial charge >= 0.3 is 0 Å². The molecule has 1 fully saturated rings. The topological polar surface area (TPSA) is 47.3 Å². The van der Waals surface area contributed by atoms with Crippen molar-refractivity contribution in [2.45, 2.75) is 65.0 Å². The molecule has 3 nitrogen and oxygen atoms in total. The smallest absolute Gasteiger partial charge is 0.0684 e. The summed E-state index contributed by atoms with van der Waals surface area (Å²) >= 11 is 0. The fourth-order valence-electron chi connectivity index (χ4n) is 2.67. The minimum atomic E-state index is -0.379. The lowest BCUT2D eigenvalue weighted by molar-refractivity contribution is -0.203. The normalized spacial score (nSPS) is 31.5. The molecule has 0 amide bonds. The second-order valence-electron chi connectivity index (χ2n) is 6.29. The molecular formula is C12H22N2O. The molecule has 1 aliphatic heterocycles. The van der Waals surface area contributed by atoms with Crippen molar-refractivity contribution in [1.82, 2.24) is 5.06 Å². The Kier molecular flexibility index (Phi) is 2.88. The Balaban J connectivity index is 2.84. The fraction of sp³-hybridized carbons (Fsp3) is 0.917. The van der Waals surface area contributed by atoms with Gasteiger partial charge in [-0.05, 0) is 53.9 Å². The van der Waals surface area contributed by atoms with Crippen LogP contribution >= 0.6 is 0 Å². The van der Waals surface area contributed by atoms with Gasteiger partial charge in [-0.1, -0.05) is 0 Å². The molecule has 0 aromatic heterocycles. The van der Waals surface area contributed by atoms with Gasteiger partial charge in [-0.15, -0.1) is 0 Å². The lowest BCUT2D eigenvalue weighted by Gasteiger charge is -2.39. The SMILES string of the molecule is CC(C)(C#N)CC1(C)CCC(C)(C)N1O. The molecule has 1 saturated heterocycles. The first kappa shape index (κ1) is 12.5. The molecule has 15 heavy (non-hydrogen) atoms. The third-order valence-electron chi connectivity index (χ3n) is 3.49. The van der Waals surface area contributed by atoms with E-state index in [1.807, 2.05) is 34.6 Å². The Morgan fingerprint density at radius 2 is 1.87 bits per heavy atom. The van der Waals surface area contributed by atoms with E-state index in [0.717, 1.165) is 12.8 Å². The van der Waals surface area contributed by atoms with Crippen molar-refractivity contribution in [2.75, 3.05) is 0 Å². The van der Waals surface area contributed by atoms with Gasteiger partial charge in [0.15, 0.2) is 0 Å². The maximum atomic E-state index is 10.2. The summed E-state index contributed by atoms with van der Waals surface area (Å²) in [5.74, 6) is 0. The van der Waals surface area contributed by atoms with Crippen LogP contribution in [0.4, 0.5) is 0 Å². The van der Waals surface area contributed by atoms with Gasteiger partial charge in [0.25, 0.3) is 0 Å². The van der Waals surface area contributed by atoms with Gasteiger partial charge in [0, 0.05) is 11.1 Å². The summed E-state index contributed by atoms with van der Waals surface area (Å²) in [7, 11) is 0. The molecule has 0 aliphatic carbocycles. The zero-order valence-electron chi connectivity index (χ0n) is 10.5. The summed E-state index contributed by atoms with van der Waals surface area (Å²) in [6, 6.07) is 2.30. The average molecular weight is 210 g/mol. The Hall–Kier alpha value is -0.590. The zero-order valence-corrected chi connectivity index (χ0v) is 10.5. The first-order valence-electron chi connectivity index (χ1n) is 5.54. The lowest BCUT2D eigenvalue weighted by Crippen LogP contribution is -2.49. The van der Waals surface area contributed by atoms with Gasteiger partial charge in [-0.25, -0.2) is 0 Å². The van der Waals surface area contributed by atoms with Crippen LogP contribution in [0.3, 0.4) is 0 Å². The monoisotopic (exact) mass is 210 g/mol. The molecule has 0 bridgehead atoms. The fourth-order valence-corrected chi connectivity index (χ4v) is 2.67. The molecule has 0 aromatic carbocycles. The Bertz CT molecular complexity index is 290. The van der Waals surface area contributed by atoms with Crippen molar-refractivity contribution in [3.8, 4) is 6.07 Å². The number of hydroxylamine groups is 2. The third-order valence-corrected chi connectivity index (χ3v) is 3.49. The van der Waals surface area contributed by atoms with E-state index in [4.69, 9.17) is 5.26 Å². The van der Waals surface area contributed by atoms with Crippen LogP contribution in [-0.2, 0) is 0 Å². The van der Waals surface area contributed by atoms with Gasteiger partial charge in [0.05, 0.1) is 11.5 Å². The number of nitrogens with zero attached hydrogens (tertiary/aromatic N) is 2. The maximum Gasteiger partial charge on any atom is 0.0684 e. The van der Waals surface area contributed by atoms with E-state index in [9.17, 15) is 5.21 Å². The summed E-state index contributed by atoms with van der Waals surface area (Å²) in [5.41, 5.74) is -0.806. The Labute approximate surface area is 92.6 Å². The van der Waals surface area contributed by atoms with Crippen LogP contribution in [0.1, 0.15) is 53.9 Å². The molecule has 1 atom stereocenters. The van der Waals surface area contributed by atoms with E-state index < -0.39 is 0 Å². The predicted octanol–water partition coefficient (Wildman–Crippen LogP) is 2.95. The van der Waals surface area contributed by atoms with E-state index in [2.05, 4.69) is 6.07 Å². The molecule has 0 saturated carbocycles. The van der Waals surface area contributed by atoms with E-state index >= 15 is 0 Å². The molecule has 0 spiro atoms. The standard InChI is InChI=1S/C12H22N2O/c1-10(2,9-13)8-12(5)7-6-11(3,4)14(12)15/h15H,6-8H2,1-5H3. The highest BCUT2D eigenvalue weighted by atomic mass is 16.5.